The van der Waals surface area contributed by atoms with Crippen molar-refractivity contribution in [3.63, 3.8) is 0 Å². The summed E-state index contributed by atoms with van der Waals surface area (Å²) in [5.74, 6) is -2.79. The molecule has 2 rings (SSSR count). The lowest BCUT2D eigenvalue weighted by Crippen LogP contribution is -2.66. The van der Waals surface area contributed by atoms with Gasteiger partial charge in [0.2, 0.25) is 12.4 Å². The van der Waals surface area contributed by atoms with Gasteiger partial charge < -0.3 is 28.4 Å². The smallest absolute Gasteiger partial charge is 0.305 e. The zero-order valence-corrected chi connectivity index (χ0v) is 14.3. The van der Waals surface area contributed by atoms with Crippen molar-refractivity contribution in [1.82, 2.24) is 0 Å². The van der Waals surface area contributed by atoms with Crippen LogP contribution < -0.4 is 0 Å². The monoisotopic (exact) mass is 346 g/mol. The molecule has 0 aliphatic carbocycles. The Bertz CT molecular complexity index is 515. The molecule has 136 valence electrons. The van der Waals surface area contributed by atoms with Crippen LogP contribution in [0.15, 0.2) is 0 Å². The average Bonchev–Trinajstić information content (AvgIpc) is 2.41. The number of carbonyl (C=O) groups excluding carboxylic acids is 3. The molecule has 2 fully saturated rings. The third-order valence-electron chi connectivity index (χ3n) is 3.49. The van der Waals surface area contributed by atoms with Gasteiger partial charge in [0.05, 0.1) is 6.61 Å². The number of fused-ring (bicyclic) bond motifs is 1. The Morgan fingerprint density at radius 1 is 0.917 bits per heavy atom. The second-order valence-corrected chi connectivity index (χ2v) is 6.09. The normalized spacial score (nSPS) is 34.6. The highest BCUT2D eigenvalue weighted by Gasteiger charge is 2.55. The summed E-state index contributed by atoms with van der Waals surface area (Å²) in [5.41, 5.74) is 0. The summed E-state index contributed by atoms with van der Waals surface area (Å²) in [6.45, 7) is 7.15. The van der Waals surface area contributed by atoms with Crippen LogP contribution in [0.4, 0.5) is 0 Å². The number of hydrogen-bond donors (Lipinski definition) is 0. The number of esters is 3. The van der Waals surface area contributed by atoms with Crippen LogP contribution in [0.5, 0.6) is 0 Å². The Kier molecular flexibility index (Phi) is 5.46. The molecule has 0 aromatic heterocycles. The van der Waals surface area contributed by atoms with E-state index in [-0.39, 0.29) is 6.61 Å². The van der Waals surface area contributed by atoms with Crippen LogP contribution in [0.1, 0.15) is 34.6 Å². The highest BCUT2D eigenvalue weighted by Crippen LogP contribution is 2.35. The number of ether oxygens (including phenoxy) is 6. The van der Waals surface area contributed by atoms with Gasteiger partial charge in [0.1, 0.15) is 12.2 Å². The number of hydrogen-bond acceptors (Lipinski definition) is 9. The van der Waals surface area contributed by atoms with Gasteiger partial charge in [0.15, 0.2) is 11.9 Å². The molecule has 2 saturated heterocycles. The third-order valence-corrected chi connectivity index (χ3v) is 3.49. The SMILES string of the molecule is CC(=O)OC1OC2COC(C)(C)OC2C(OC(C)=O)C1OC(C)=O. The lowest BCUT2D eigenvalue weighted by Gasteiger charge is -2.49. The summed E-state index contributed by atoms with van der Waals surface area (Å²) in [6, 6.07) is 0. The zero-order chi connectivity index (χ0) is 18.1. The fourth-order valence-electron chi connectivity index (χ4n) is 2.70. The fraction of sp³-hybridized carbons (Fsp3) is 0.800. The molecule has 9 nitrogen and oxygen atoms in total. The minimum atomic E-state index is -1.23. The molecule has 2 aliphatic heterocycles. The minimum absolute atomic E-state index is 0.139. The second-order valence-electron chi connectivity index (χ2n) is 6.09. The summed E-state index contributed by atoms with van der Waals surface area (Å²) >= 11 is 0. The molecule has 0 amide bonds. The first-order chi connectivity index (χ1) is 11.1. The zero-order valence-electron chi connectivity index (χ0n) is 14.3. The van der Waals surface area contributed by atoms with E-state index in [9.17, 15) is 14.4 Å². The maximum absolute atomic E-state index is 11.5. The van der Waals surface area contributed by atoms with E-state index in [0.29, 0.717) is 0 Å². The van der Waals surface area contributed by atoms with E-state index in [0.717, 1.165) is 0 Å². The van der Waals surface area contributed by atoms with Crippen LogP contribution in [-0.4, -0.2) is 61.0 Å². The molecule has 24 heavy (non-hydrogen) atoms. The van der Waals surface area contributed by atoms with Gasteiger partial charge in [0, 0.05) is 20.8 Å². The lowest BCUT2D eigenvalue weighted by molar-refractivity contribution is -0.378. The molecule has 9 heteroatoms. The third kappa shape index (κ3) is 4.43. The van der Waals surface area contributed by atoms with Gasteiger partial charge >= 0.3 is 17.9 Å². The first-order valence-electron chi connectivity index (χ1n) is 7.58. The molecule has 0 N–H and O–H groups in total. The van der Waals surface area contributed by atoms with Crippen LogP contribution in [0.25, 0.3) is 0 Å². The molecular formula is C15H22O9. The van der Waals surface area contributed by atoms with Gasteiger partial charge in [-0.05, 0) is 13.8 Å². The van der Waals surface area contributed by atoms with Gasteiger partial charge in [-0.2, -0.15) is 0 Å². The summed E-state index contributed by atoms with van der Waals surface area (Å²) < 4.78 is 32.6. The Morgan fingerprint density at radius 2 is 1.46 bits per heavy atom. The van der Waals surface area contributed by atoms with Gasteiger partial charge in [-0.1, -0.05) is 0 Å². The van der Waals surface area contributed by atoms with Gasteiger partial charge in [-0.15, -0.1) is 0 Å². The van der Waals surface area contributed by atoms with Crippen molar-refractivity contribution in [3.8, 4) is 0 Å². The van der Waals surface area contributed by atoms with Crippen LogP contribution in [-0.2, 0) is 42.8 Å². The van der Waals surface area contributed by atoms with E-state index in [1.807, 2.05) is 0 Å². The van der Waals surface area contributed by atoms with E-state index < -0.39 is 54.4 Å². The summed E-state index contributed by atoms with van der Waals surface area (Å²) in [5, 5.41) is 0. The molecular weight excluding hydrogens is 324 g/mol. The van der Waals surface area contributed by atoms with Gasteiger partial charge in [-0.25, -0.2) is 0 Å². The van der Waals surface area contributed by atoms with Crippen molar-refractivity contribution >= 4 is 17.9 Å². The van der Waals surface area contributed by atoms with Crippen molar-refractivity contribution in [2.45, 2.75) is 71.1 Å². The van der Waals surface area contributed by atoms with E-state index in [2.05, 4.69) is 0 Å². The van der Waals surface area contributed by atoms with Crippen LogP contribution in [0.2, 0.25) is 0 Å². The Labute approximate surface area is 139 Å². The van der Waals surface area contributed by atoms with Crippen molar-refractivity contribution < 1.29 is 42.8 Å². The molecule has 0 aromatic carbocycles. The molecule has 0 radical (unpaired) electrons. The van der Waals surface area contributed by atoms with Crippen molar-refractivity contribution in [3.05, 3.63) is 0 Å². The second kappa shape index (κ2) is 7.04. The van der Waals surface area contributed by atoms with Crippen molar-refractivity contribution in [2.24, 2.45) is 0 Å². The van der Waals surface area contributed by atoms with Crippen LogP contribution in [0.3, 0.4) is 0 Å². The summed E-state index contributed by atoms with van der Waals surface area (Å²) in [7, 11) is 0. The Hall–Kier alpha value is -1.71. The number of carbonyl (C=O) groups is 3. The molecule has 0 aromatic rings. The van der Waals surface area contributed by atoms with Crippen LogP contribution >= 0.6 is 0 Å². The highest BCUT2D eigenvalue weighted by molar-refractivity contribution is 5.68. The Morgan fingerprint density at radius 3 is 2.00 bits per heavy atom. The predicted octanol–water partition coefficient (Wildman–Crippen LogP) is 0.289. The Balaban J connectivity index is 2.33. The van der Waals surface area contributed by atoms with Crippen molar-refractivity contribution in [2.75, 3.05) is 6.61 Å². The quantitative estimate of drug-likeness (QED) is 0.526. The van der Waals surface area contributed by atoms with E-state index in [1.54, 1.807) is 13.8 Å². The maximum atomic E-state index is 11.5. The van der Waals surface area contributed by atoms with Crippen LogP contribution in [0, 0.1) is 0 Å². The molecule has 0 spiro atoms. The predicted molar refractivity (Wildman–Crippen MR) is 76.4 cm³/mol. The summed E-state index contributed by atoms with van der Waals surface area (Å²) in [4.78, 5) is 34.3. The van der Waals surface area contributed by atoms with Gasteiger partial charge in [-0.3, -0.25) is 14.4 Å². The molecule has 5 unspecified atom stereocenters. The first kappa shape index (κ1) is 18.6. The average molecular weight is 346 g/mol. The minimum Gasteiger partial charge on any atom is -0.455 e. The summed E-state index contributed by atoms with van der Waals surface area (Å²) in [6.07, 6.45) is -4.78. The molecule has 0 saturated carbocycles. The standard InChI is InChI=1S/C15H22O9/c1-7(16)20-12-11-10(6-19-15(4,5)24-11)23-14(22-9(3)18)13(12)21-8(2)17/h10-14H,6H2,1-5H3. The topological polar surface area (TPSA) is 107 Å². The van der Waals surface area contributed by atoms with E-state index in [4.69, 9.17) is 28.4 Å². The van der Waals surface area contributed by atoms with Gasteiger partial charge in [0.25, 0.3) is 0 Å². The number of rotatable bonds is 3. The van der Waals surface area contributed by atoms with E-state index in [1.165, 1.54) is 20.8 Å². The first-order valence-corrected chi connectivity index (χ1v) is 7.58. The molecule has 0 bridgehead atoms. The largest absolute Gasteiger partial charge is 0.455 e. The van der Waals surface area contributed by atoms with E-state index >= 15 is 0 Å². The maximum Gasteiger partial charge on any atom is 0.305 e. The molecule has 2 aliphatic rings. The fourth-order valence-corrected chi connectivity index (χ4v) is 2.70. The lowest BCUT2D eigenvalue weighted by atomic mass is 9.97. The molecule has 5 atom stereocenters. The van der Waals surface area contributed by atoms with Crippen molar-refractivity contribution in [1.29, 1.82) is 0 Å². The molecule has 2 heterocycles. The highest BCUT2D eigenvalue weighted by atomic mass is 16.8.